The lowest BCUT2D eigenvalue weighted by atomic mass is 10.2. The number of nitrogens with zero attached hydrogens (tertiary/aromatic N) is 1. The molecule has 2 rings (SSSR count). The number of anilines is 2. The van der Waals surface area contributed by atoms with E-state index in [0.29, 0.717) is 18.9 Å². The molecule has 0 atom stereocenters. The summed E-state index contributed by atoms with van der Waals surface area (Å²) in [5, 5.41) is 18.4. The average molecular weight is 210 g/mol. The summed E-state index contributed by atoms with van der Waals surface area (Å²) < 4.78 is 5.23. The van der Waals surface area contributed by atoms with Gasteiger partial charge in [-0.3, -0.25) is 10.7 Å². The highest BCUT2D eigenvalue weighted by Crippen LogP contribution is 2.30. The molecule has 0 aromatic heterocycles. The lowest BCUT2D eigenvalue weighted by Gasteiger charge is -2.29. The minimum atomic E-state index is 0.163. The minimum Gasteiger partial charge on any atom is -0.506 e. The zero-order valence-corrected chi connectivity index (χ0v) is 8.31. The Labute approximate surface area is 87.9 Å². The molecule has 1 aromatic carbocycles. The summed E-state index contributed by atoms with van der Waals surface area (Å²) in [6.07, 6.45) is 0. The van der Waals surface area contributed by atoms with Crippen molar-refractivity contribution in [1.29, 1.82) is 0 Å². The highest BCUT2D eigenvalue weighted by molar-refractivity contribution is 5.64. The van der Waals surface area contributed by atoms with Crippen molar-refractivity contribution >= 4 is 11.4 Å². The monoisotopic (exact) mass is 210 g/mol. The molecule has 0 amide bonds. The molecule has 0 spiro atoms. The van der Waals surface area contributed by atoms with Gasteiger partial charge in [0, 0.05) is 19.2 Å². The second kappa shape index (κ2) is 4.37. The average Bonchev–Trinajstić information content (AvgIpc) is 2.30. The quantitative estimate of drug-likeness (QED) is 0.636. The van der Waals surface area contributed by atoms with E-state index in [0.717, 1.165) is 18.8 Å². The van der Waals surface area contributed by atoms with E-state index >= 15 is 0 Å². The molecule has 0 aliphatic carbocycles. The van der Waals surface area contributed by atoms with Crippen molar-refractivity contribution in [3.8, 4) is 5.75 Å². The summed E-state index contributed by atoms with van der Waals surface area (Å²) in [4.78, 5) is 2.06. The fourth-order valence-corrected chi connectivity index (χ4v) is 1.66. The molecule has 1 aromatic rings. The van der Waals surface area contributed by atoms with E-state index in [9.17, 15) is 5.11 Å². The van der Waals surface area contributed by atoms with Gasteiger partial charge in [0.25, 0.3) is 0 Å². The fraction of sp³-hybridized carbons (Fsp3) is 0.400. The van der Waals surface area contributed by atoms with Crippen molar-refractivity contribution in [2.45, 2.75) is 0 Å². The highest BCUT2D eigenvalue weighted by Gasteiger charge is 2.14. The van der Waals surface area contributed by atoms with E-state index in [-0.39, 0.29) is 5.75 Å². The maximum Gasteiger partial charge on any atom is 0.141 e. The second-order valence-electron chi connectivity index (χ2n) is 3.41. The third kappa shape index (κ3) is 2.14. The molecule has 1 saturated heterocycles. The van der Waals surface area contributed by atoms with Crippen LogP contribution in [0.1, 0.15) is 0 Å². The molecule has 1 aliphatic rings. The normalized spacial score (nSPS) is 16.5. The van der Waals surface area contributed by atoms with Crippen LogP contribution in [-0.2, 0) is 4.74 Å². The Bertz CT molecular complexity index is 337. The molecule has 5 nitrogen and oxygen atoms in total. The smallest absolute Gasteiger partial charge is 0.141 e. The number of phenols is 1. The van der Waals surface area contributed by atoms with E-state index in [1.165, 1.54) is 6.07 Å². The predicted molar refractivity (Wildman–Crippen MR) is 56.5 cm³/mol. The Hall–Kier alpha value is -1.46. The molecular formula is C10H14N2O3. The van der Waals surface area contributed by atoms with Crippen LogP contribution in [0.15, 0.2) is 18.2 Å². The van der Waals surface area contributed by atoms with Gasteiger partial charge in [0.2, 0.25) is 0 Å². The molecule has 15 heavy (non-hydrogen) atoms. The van der Waals surface area contributed by atoms with Gasteiger partial charge in [-0.2, -0.15) is 0 Å². The molecular weight excluding hydrogens is 196 g/mol. The second-order valence-corrected chi connectivity index (χ2v) is 3.41. The van der Waals surface area contributed by atoms with E-state index in [4.69, 9.17) is 9.94 Å². The van der Waals surface area contributed by atoms with Gasteiger partial charge < -0.3 is 14.7 Å². The van der Waals surface area contributed by atoms with Crippen LogP contribution in [0.25, 0.3) is 0 Å². The number of aromatic hydroxyl groups is 1. The van der Waals surface area contributed by atoms with Crippen molar-refractivity contribution in [3.63, 3.8) is 0 Å². The molecule has 0 radical (unpaired) electrons. The third-order valence-electron chi connectivity index (χ3n) is 2.46. The Kier molecular flexibility index (Phi) is 2.94. The van der Waals surface area contributed by atoms with E-state index in [2.05, 4.69) is 4.90 Å². The van der Waals surface area contributed by atoms with Gasteiger partial charge in [0.15, 0.2) is 0 Å². The number of hydrogen-bond acceptors (Lipinski definition) is 5. The Morgan fingerprint density at radius 1 is 1.27 bits per heavy atom. The highest BCUT2D eigenvalue weighted by atomic mass is 16.5. The van der Waals surface area contributed by atoms with Gasteiger partial charge in [0.05, 0.1) is 24.6 Å². The van der Waals surface area contributed by atoms with Crippen LogP contribution in [0, 0.1) is 0 Å². The first-order valence-electron chi connectivity index (χ1n) is 4.87. The molecule has 1 fully saturated rings. The van der Waals surface area contributed by atoms with Crippen molar-refractivity contribution in [2.24, 2.45) is 0 Å². The zero-order valence-electron chi connectivity index (χ0n) is 8.31. The van der Waals surface area contributed by atoms with Crippen molar-refractivity contribution in [1.82, 2.24) is 0 Å². The first-order valence-corrected chi connectivity index (χ1v) is 4.87. The molecule has 1 heterocycles. The van der Waals surface area contributed by atoms with Gasteiger partial charge in [-0.05, 0) is 12.1 Å². The van der Waals surface area contributed by atoms with Crippen LogP contribution in [0.3, 0.4) is 0 Å². The first-order chi connectivity index (χ1) is 7.31. The number of phenolic OH excluding ortho intramolecular Hbond substituents is 1. The summed E-state index contributed by atoms with van der Waals surface area (Å²) in [7, 11) is 0. The molecule has 0 bridgehead atoms. The van der Waals surface area contributed by atoms with E-state index < -0.39 is 0 Å². The zero-order chi connectivity index (χ0) is 10.7. The predicted octanol–water partition coefficient (Wildman–Crippen LogP) is 1.03. The summed E-state index contributed by atoms with van der Waals surface area (Å²) in [6.45, 7) is 2.91. The summed E-state index contributed by atoms with van der Waals surface area (Å²) in [6, 6.07) is 4.98. The van der Waals surface area contributed by atoms with Crippen LogP contribution in [0.2, 0.25) is 0 Å². The van der Waals surface area contributed by atoms with Crippen molar-refractivity contribution < 1.29 is 15.1 Å². The molecule has 82 valence electrons. The molecule has 1 aliphatic heterocycles. The Morgan fingerprint density at radius 2 is 2.00 bits per heavy atom. The van der Waals surface area contributed by atoms with Crippen molar-refractivity contribution in [3.05, 3.63) is 18.2 Å². The van der Waals surface area contributed by atoms with Gasteiger partial charge in [-0.15, -0.1) is 0 Å². The maximum atomic E-state index is 9.74. The third-order valence-corrected chi connectivity index (χ3v) is 2.46. The number of morpholine rings is 1. The van der Waals surface area contributed by atoms with Crippen LogP contribution >= 0.6 is 0 Å². The molecule has 3 N–H and O–H groups in total. The summed E-state index contributed by atoms with van der Waals surface area (Å²) in [5.41, 5.74) is 3.25. The Morgan fingerprint density at radius 3 is 2.60 bits per heavy atom. The molecule has 0 unspecified atom stereocenters. The van der Waals surface area contributed by atoms with E-state index in [1.54, 1.807) is 12.1 Å². The standard InChI is InChI=1S/C10H14N2O3/c13-10-7-8(11-14)1-2-9(10)12-3-5-15-6-4-12/h1-2,7,11,13-14H,3-6H2. The number of nitrogens with one attached hydrogen (secondary N) is 1. The number of hydrogen-bond donors (Lipinski definition) is 3. The topological polar surface area (TPSA) is 65.0 Å². The largest absolute Gasteiger partial charge is 0.506 e. The first kappa shape index (κ1) is 10.1. The number of benzene rings is 1. The minimum absolute atomic E-state index is 0.163. The maximum absolute atomic E-state index is 9.74. The van der Waals surface area contributed by atoms with Gasteiger partial charge in [0.1, 0.15) is 5.75 Å². The van der Waals surface area contributed by atoms with Crippen LogP contribution in [0.4, 0.5) is 11.4 Å². The van der Waals surface area contributed by atoms with Crippen LogP contribution < -0.4 is 10.4 Å². The van der Waals surface area contributed by atoms with E-state index in [1.807, 2.05) is 5.48 Å². The van der Waals surface area contributed by atoms with Gasteiger partial charge >= 0.3 is 0 Å². The lowest BCUT2D eigenvalue weighted by molar-refractivity contribution is 0.122. The van der Waals surface area contributed by atoms with Crippen LogP contribution in [0.5, 0.6) is 5.75 Å². The number of ether oxygens (including phenoxy) is 1. The fourth-order valence-electron chi connectivity index (χ4n) is 1.66. The Balaban J connectivity index is 2.19. The molecule has 5 heteroatoms. The van der Waals surface area contributed by atoms with Gasteiger partial charge in [-0.25, -0.2) is 0 Å². The SMILES string of the molecule is ONc1ccc(N2CCOCC2)c(O)c1. The van der Waals surface area contributed by atoms with Gasteiger partial charge in [-0.1, -0.05) is 0 Å². The summed E-state index contributed by atoms with van der Waals surface area (Å²) >= 11 is 0. The number of rotatable bonds is 2. The summed E-state index contributed by atoms with van der Waals surface area (Å²) in [5.74, 6) is 0.163. The van der Waals surface area contributed by atoms with Crippen LogP contribution in [-0.4, -0.2) is 36.6 Å². The molecule has 0 saturated carbocycles. The lowest BCUT2D eigenvalue weighted by Crippen LogP contribution is -2.36. The van der Waals surface area contributed by atoms with Crippen molar-refractivity contribution in [2.75, 3.05) is 36.7 Å².